The molecule has 0 saturated heterocycles. The lowest BCUT2D eigenvalue weighted by Crippen LogP contribution is -2.05. The molecular formula is C15H18NO7P. The number of hydrogen-bond donors (Lipinski definition) is 3. The van der Waals surface area contributed by atoms with E-state index in [0.717, 1.165) is 0 Å². The second-order valence-corrected chi connectivity index (χ2v) is 5.92. The zero-order chi connectivity index (χ0) is 17.9. The Morgan fingerprint density at radius 2 is 1.54 bits per heavy atom. The van der Waals surface area contributed by atoms with Crippen molar-refractivity contribution < 1.29 is 33.1 Å². The van der Waals surface area contributed by atoms with Crippen LogP contribution in [0.4, 0.5) is 5.69 Å². The first kappa shape index (κ1) is 17.9. The van der Waals surface area contributed by atoms with E-state index in [2.05, 4.69) is 0 Å². The topological polar surface area (TPSA) is 120 Å². The Hall–Kier alpha value is -2.41. The number of methoxy groups -OCH3 is 2. The molecule has 0 amide bonds. The van der Waals surface area contributed by atoms with Crippen LogP contribution in [0.3, 0.4) is 0 Å². The summed E-state index contributed by atoms with van der Waals surface area (Å²) >= 11 is 0. The number of hydrogen-bond acceptors (Lipinski definition) is 6. The van der Waals surface area contributed by atoms with Gasteiger partial charge in [0, 0.05) is 5.56 Å². The van der Waals surface area contributed by atoms with E-state index in [-0.39, 0.29) is 34.2 Å². The van der Waals surface area contributed by atoms with Crippen LogP contribution < -0.4 is 24.5 Å². The third-order valence-corrected chi connectivity index (χ3v) is 3.61. The molecule has 0 bridgehead atoms. The van der Waals surface area contributed by atoms with Gasteiger partial charge in [0.15, 0.2) is 11.5 Å². The molecule has 2 rings (SSSR count). The Labute approximate surface area is 139 Å². The fourth-order valence-electron chi connectivity index (χ4n) is 2.11. The van der Waals surface area contributed by atoms with Crippen LogP contribution in [-0.4, -0.2) is 24.0 Å². The van der Waals surface area contributed by atoms with Gasteiger partial charge in [-0.15, -0.1) is 0 Å². The fraction of sp³-hybridized carbons (Fsp3) is 0.200. The van der Waals surface area contributed by atoms with Gasteiger partial charge in [-0.05, 0) is 19.1 Å². The number of nitrogen functional groups attached to an aromatic ring is 1. The Morgan fingerprint density at radius 1 is 0.958 bits per heavy atom. The number of phosphoric ester groups is 1. The highest BCUT2D eigenvalue weighted by atomic mass is 31.2. The van der Waals surface area contributed by atoms with Crippen LogP contribution >= 0.6 is 7.82 Å². The summed E-state index contributed by atoms with van der Waals surface area (Å²) in [5, 5.41) is 0. The first-order valence-corrected chi connectivity index (χ1v) is 8.33. The molecule has 8 nitrogen and oxygen atoms in total. The molecule has 0 saturated carbocycles. The van der Waals surface area contributed by atoms with E-state index in [1.165, 1.54) is 21.1 Å². The average molecular weight is 355 g/mol. The standard InChI is InChI=1S/C15H18NO7P/c1-9-11(16)13(20-2)14(21-3)15(12(9)23-24(17,18)19)22-10-7-5-4-6-8-10/h4-8H,16H2,1-3H3,(H2,17,18,19). The van der Waals surface area contributed by atoms with E-state index in [1.807, 2.05) is 0 Å². The van der Waals surface area contributed by atoms with Crippen molar-refractivity contribution in [2.45, 2.75) is 6.92 Å². The van der Waals surface area contributed by atoms with Gasteiger partial charge in [0.2, 0.25) is 11.5 Å². The zero-order valence-electron chi connectivity index (χ0n) is 13.3. The highest BCUT2D eigenvalue weighted by Gasteiger charge is 2.29. The quantitative estimate of drug-likeness (QED) is 0.534. The Morgan fingerprint density at radius 3 is 2.04 bits per heavy atom. The van der Waals surface area contributed by atoms with Crippen LogP contribution in [0.5, 0.6) is 28.7 Å². The molecule has 0 aliphatic carbocycles. The first-order chi connectivity index (χ1) is 11.3. The number of anilines is 1. The summed E-state index contributed by atoms with van der Waals surface area (Å²) in [6.45, 7) is 1.53. The smallest absolute Gasteiger partial charge is 0.491 e. The molecule has 0 radical (unpaired) electrons. The van der Waals surface area contributed by atoms with Crippen molar-refractivity contribution in [3.8, 4) is 28.7 Å². The van der Waals surface area contributed by atoms with Gasteiger partial charge in [0.05, 0.1) is 19.9 Å². The maximum atomic E-state index is 11.3. The van der Waals surface area contributed by atoms with Gasteiger partial charge in [-0.25, -0.2) is 4.57 Å². The van der Waals surface area contributed by atoms with Crippen molar-refractivity contribution in [3.63, 3.8) is 0 Å². The molecule has 0 aromatic heterocycles. The SMILES string of the molecule is COc1c(N)c(C)c(OP(=O)(O)O)c(Oc2ccccc2)c1OC. The van der Waals surface area contributed by atoms with Gasteiger partial charge in [0.25, 0.3) is 0 Å². The largest absolute Gasteiger partial charge is 0.524 e. The molecule has 24 heavy (non-hydrogen) atoms. The molecule has 2 aromatic rings. The van der Waals surface area contributed by atoms with Gasteiger partial charge in [-0.2, -0.15) is 0 Å². The van der Waals surface area contributed by atoms with Gasteiger partial charge in [-0.3, -0.25) is 9.79 Å². The van der Waals surface area contributed by atoms with Crippen molar-refractivity contribution in [1.82, 2.24) is 0 Å². The molecule has 0 heterocycles. The molecule has 130 valence electrons. The number of para-hydroxylation sites is 1. The van der Waals surface area contributed by atoms with E-state index < -0.39 is 7.82 Å². The van der Waals surface area contributed by atoms with Gasteiger partial charge in [-0.1, -0.05) is 18.2 Å². The third kappa shape index (κ3) is 3.73. The minimum absolute atomic E-state index is 0.0458. The molecule has 0 atom stereocenters. The fourth-order valence-corrected chi connectivity index (χ4v) is 2.57. The highest BCUT2D eigenvalue weighted by Crippen LogP contribution is 2.55. The maximum Gasteiger partial charge on any atom is 0.524 e. The lowest BCUT2D eigenvalue weighted by atomic mass is 10.1. The van der Waals surface area contributed by atoms with Crippen LogP contribution in [0, 0.1) is 6.92 Å². The summed E-state index contributed by atoms with van der Waals surface area (Å²) in [5.41, 5.74) is 6.33. The molecule has 0 fully saturated rings. The normalized spacial score (nSPS) is 11.0. The minimum Gasteiger partial charge on any atom is -0.491 e. The number of rotatable bonds is 6. The summed E-state index contributed by atoms with van der Waals surface area (Å²) in [6.07, 6.45) is 0. The molecule has 0 spiro atoms. The van der Waals surface area contributed by atoms with E-state index in [9.17, 15) is 14.4 Å². The second kappa shape index (κ2) is 7.00. The van der Waals surface area contributed by atoms with Crippen molar-refractivity contribution in [2.24, 2.45) is 0 Å². The lowest BCUT2D eigenvalue weighted by Gasteiger charge is -2.21. The molecule has 0 unspecified atom stereocenters. The van der Waals surface area contributed by atoms with Crippen molar-refractivity contribution in [1.29, 1.82) is 0 Å². The summed E-state index contributed by atoms with van der Waals surface area (Å²) < 4.78 is 32.3. The molecular weight excluding hydrogens is 337 g/mol. The molecule has 9 heteroatoms. The van der Waals surface area contributed by atoms with E-state index in [0.29, 0.717) is 5.75 Å². The summed E-state index contributed by atoms with van der Waals surface area (Å²) in [7, 11) is -2.11. The molecule has 4 N–H and O–H groups in total. The van der Waals surface area contributed by atoms with Gasteiger partial charge < -0.3 is 24.5 Å². The Bertz CT molecular complexity index is 773. The van der Waals surface area contributed by atoms with Crippen molar-refractivity contribution in [2.75, 3.05) is 20.0 Å². The van der Waals surface area contributed by atoms with Crippen molar-refractivity contribution in [3.05, 3.63) is 35.9 Å². The highest BCUT2D eigenvalue weighted by molar-refractivity contribution is 7.46. The predicted octanol–water partition coefficient (Wildman–Crippen LogP) is 2.86. The van der Waals surface area contributed by atoms with Crippen molar-refractivity contribution >= 4 is 13.5 Å². The van der Waals surface area contributed by atoms with Crippen LogP contribution in [0.2, 0.25) is 0 Å². The van der Waals surface area contributed by atoms with Gasteiger partial charge >= 0.3 is 7.82 Å². The Kier molecular flexibility index (Phi) is 5.23. The summed E-state index contributed by atoms with van der Waals surface area (Å²) in [5.74, 6) is 0.391. The van der Waals surface area contributed by atoms with Gasteiger partial charge in [0.1, 0.15) is 5.75 Å². The molecule has 0 aliphatic heterocycles. The van der Waals surface area contributed by atoms with E-state index >= 15 is 0 Å². The summed E-state index contributed by atoms with van der Waals surface area (Å²) in [4.78, 5) is 18.4. The monoisotopic (exact) mass is 355 g/mol. The average Bonchev–Trinajstić information content (AvgIpc) is 2.54. The zero-order valence-corrected chi connectivity index (χ0v) is 14.2. The number of benzene rings is 2. The second-order valence-electron chi connectivity index (χ2n) is 4.76. The lowest BCUT2D eigenvalue weighted by molar-refractivity contribution is 0.274. The predicted molar refractivity (Wildman–Crippen MR) is 87.9 cm³/mol. The van der Waals surface area contributed by atoms with E-state index in [1.54, 1.807) is 30.3 Å². The number of phosphoric acid groups is 1. The molecule has 2 aromatic carbocycles. The number of ether oxygens (including phenoxy) is 3. The van der Waals surface area contributed by atoms with Crippen LogP contribution in [0.15, 0.2) is 30.3 Å². The van der Waals surface area contributed by atoms with Crippen LogP contribution in [-0.2, 0) is 4.57 Å². The summed E-state index contributed by atoms with van der Waals surface area (Å²) in [6, 6.07) is 8.61. The number of nitrogens with two attached hydrogens (primary N) is 1. The van der Waals surface area contributed by atoms with Crippen LogP contribution in [0.25, 0.3) is 0 Å². The maximum absolute atomic E-state index is 11.3. The van der Waals surface area contributed by atoms with Crippen LogP contribution in [0.1, 0.15) is 5.56 Å². The molecule has 0 aliphatic rings. The minimum atomic E-state index is -4.85. The van der Waals surface area contributed by atoms with E-state index in [4.69, 9.17) is 24.5 Å². The first-order valence-electron chi connectivity index (χ1n) is 6.80. The third-order valence-electron chi connectivity index (χ3n) is 3.19. The Balaban J connectivity index is 2.71.